The zero-order valence-electron chi connectivity index (χ0n) is 11.3. The first-order chi connectivity index (χ1) is 9.14. The topological polar surface area (TPSA) is 80.3 Å². The van der Waals surface area contributed by atoms with E-state index in [1.807, 2.05) is 16.8 Å². The molecule has 0 unspecified atom stereocenters. The lowest BCUT2D eigenvalue weighted by molar-refractivity contribution is 0.380. The number of imidazole rings is 1. The smallest absolute Gasteiger partial charge is 0.180 e. The van der Waals surface area contributed by atoms with Crippen molar-refractivity contribution >= 4 is 17.3 Å². The van der Waals surface area contributed by atoms with Gasteiger partial charge in [-0.15, -0.1) is 0 Å². The zero-order valence-corrected chi connectivity index (χ0v) is 11.3. The van der Waals surface area contributed by atoms with Crippen molar-refractivity contribution in [1.82, 2.24) is 14.4 Å². The molecule has 0 spiro atoms. The molecule has 3 rings (SSSR count). The highest BCUT2D eigenvalue weighted by molar-refractivity contribution is 5.65. The number of hydrogen-bond acceptors (Lipinski definition) is 5. The molecule has 2 heterocycles. The summed E-state index contributed by atoms with van der Waals surface area (Å²) in [4.78, 5) is 8.78. The minimum Gasteiger partial charge on any atom is -0.366 e. The van der Waals surface area contributed by atoms with Crippen LogP contribution < -0.4 is 16.6 Å². The molecule has 1 fully saturated rings. The number of fused-ring (bicyclic) bond motifs is 1. The number of nitrogens with one attached hydrogen (secondary N) is 2. The van der Waals surface area contributed by atoms with Gasteiger partial charge in [0.05, 0.1) is 6.20 Å². The van der Waals surface area contributed by atoms with E-state index in [0.29, 0.717) is 17.2 Å². The lowest BCUT2D eigenvalue weighted by Crippen LogP contribution is -2.22. The van der Waals surface area contributed by atoms with Crippen LogP contribution in [0.15, 0.2) is 18.6 Å². The summed E-state index contributed by atoms with van der Waals surface area (Å²) < 4.78 is 1.92. The van der Waals surface area contributed by atoms with Gasteiger partial charge < -0.3 is 15.1 Å². The van der Waals surface area contributed by atoms with Gasteiger partial charge in [0.25, 0.3) is 0 Å². The highest BCUT2D eigenvalue weighted by atomic mass is 15.3. The van der Waals surface area contributed by atoms with Crippen molar-refractivity contribution in [2.75, 3.05) is 17.3 Å². The Kier molecular flexibility index (Phi) is 2.82. The highest BCUT2D eigenvalue weighted by Gasteiger charge is 2.45. The summed E-state index contributed by atoms with van der Waals surface area (Å²) in [7, 11) is 0. The fourth-order valence-electron chi connectivity index (χ4n) is 2.50. The molecule has 1 aliphatic carbocycles. The Labute approximate surface area is 112 Å². The molecule has 0 radical (unpaired) electrons. The maximum Gasteiger partial charge on any atom is 0.180 e. The van der Waals surface area contributed by atoms with Crippen molar-refractivity contribution in [2.45, 2.75) is 26.7 Å². The van der Waals surface area contributed by atoms with Gasteiger partial charge in [0.1, 0.15) is 0 Å². The summed E-state index contributed by atoms with van der Waals surface area (Å²) in [5.41, 5.74) is 3.85. The Morgan fingerprint density at radius 3 is 2.89 bits per heavy atom. The molecule has 2 aromatic rings. The van der Waals surface area contributed by atoms with E-state index in [9.17, 15) is 0 Å². The van der Waals surface area contributed by atoms with Crippen LogP contribution in [0.2, 0.25) is 0 Å². The third-order valence-corrected chi connectivity index (χ3v) is 4.25. The summed E-state index contributed by atoms with van der Waals surface area (Å²) in [5, 5.41) is 3.44. The van der Waals surface area contributed by atoms with E-state index in [2.05, 4.69) is 34.6 Å². The molecule has 1 saturated carbocycles. The number of hydrogen-bond donors (Lipinski definition) is 3. The second-order valence-corrected chi connectivity index (χ2v) is 5.65. The van der Waals surface area contributed by atoms with Gasteiger partial charge in [0, 0.05) is 18.9 Å². The Balaban J connectivity index is 1.85. The van der Waals surface area contributed by atoms with Crippen molar-refractivity contribution in [3.8, 4) is 0 Å². The second kappa shape index (κ2) is 4.38. The summed E-state index contributed by atoms with van der Waals surface area (Å²) in [6.07, 6.45) is 8.05. The largest absolute Gasteiger partial charge is 0.366 e. The quantitative estimate of drug-likeness (QED) is 0.565. The van der Waals surface area contributed by atoms with E-state index in [-0.39, 0.29) is 0 Å². The van der Waals surface area contributed by atoms with E-state index in [1.165, 1.54) is 12.8 Å². The van der Waals surface area contributed by atoms with Gasteiger partial charge in [-0.1, -0.05) is 13.8 Å². The number of hydrazine groups is 1. The Morgan fingerprint density at radius 1 is 1.47 bits per heavy atom. The maximum atomic E-state index is 5.45. The van der Waals surface area contributed by atoms with E-state index in [1.54, 1.807) is 6.20 Å². The van der Waals surface area contributed by atoms with Crippen LogP contribution in [0.3, 0.4) is 0 Å². The van der Waals surface area contributed by atoms with Crippen molar-refractivity contribution in [1.29, 1.82) is 0 Å². The molecule has 0 bridgehead atoms. The van der Waals surface area contributed by atoms with Crippen LogP contribution in [0.5, 0.6) is 0 Å². The fourth-order valence-corrected chi connectivity index (χ4v) is 2.50. The third-order valence-electron chi connectivity index (χ3n) is 4.25. The van der Waals surface area contributed by atoms with Crippen LogP contribution in [-0.4, -0.2) is 20.9 Å². The standard InChI is InChI=1S/C13H20N6/c1-9(2)13(3-4-13)8-16-11-12-15-5-6-19(12)7-10(17-11)18-14/h5-7,9,18H,3-4,8,14H2,1-2H3,(H,16,17). The molecule has 0 saturated heterocycles. The van der Waals surface area contributed by atoms with Crippen molar-refractivity contribution in [3.63, 3.8) is 0 Å². The molecular formula is C13H20N6. The highest BCUT2D eigenvalue weighted by Crippen LogP contribution is 2.51. The van der Waals surface area contributed by atoms with Crippen LogP contribution >= 0.6 is 0 Å². The first-order valence-electron chi connectivity index (χ1n) is 6.69. The Bertz CT molecular complexity index is 584. The van der Waals surface area contributed by atoms with E-state index in [4.69, 9.17) is 5.84 Å². The van der Waals surface area contributed by atoms with Gasteiger partial charge in [-0.2, -0.15) is 0 Å². The predicted molar refractivity (Wildman–Crippen MR) is 75.8 cm³/mol. The van der Waals surface area contributed by atoms with Gasteiger partial charge >= 0.3 is 0 Å². The predicted octanol–water partition coefficient (Wildman–Crippen LogP) is 1.86. The summed E-state index contributed by atoms with van der Waals surface area (Å²) in [6, 6.07) is 0. The lowest BCUT2D eigenvalue weighted by atomic mass is 9.92. The average Bonchev–Trinajstić information content (AvgIpc) is 3.06. The Morgan fingerprint density at radius 2 is 2.26 bits per heavy atom. The van der Waals surface area contributed by atoms with E-state index in [0.717, 1.165) is 18.0 Å². The third kappa shape index (κ3) is 2.12. The van der Waals surface area contributed by atoms with Gasteiger partial charge in [0.2, 0.25) is 0 Å². The minimum atomic E-state index is 0.428. The second-order valence-electron chi connectivity index (χ2n) is 5.65. The number of aromatic nitrogens is 3. The Hall–Kier alpha value is -1.82. The van der Waals surface area contributed by atoms with Crippen molar-refractivity contribution in [3.05, 3.63) is 18.6 Å². The molecular weight excluding hydrogens is 240 g/mol. The minimum absolute atomic E-state index is 0.428. The normalized spacial score (nSPS) is 16.8. The van der Waals surface area contributed by atoms with E-state index >= 15 is 0 Å². The zero-order chi connectivity index (χ0) is 13.5. The molecule has 2 aromatic heterocycles. The number of nitrogens with zero attached hydrogens (tertiary/aromatic N) is 3. The first-order valence-corrected chi connectivity index (χ1v) is 6.69. The summed E-state index contributed by atoms with van der Waals surface area (Å²) in [6.45, 7) is 5.50. The molecule has 6 heteroatoms. The number of nitrogen functional groups attached to an aromatic ring is 1. The fraction of sp³-hybridized carbons (Fsp3) is 0.538. The molecule has 4 N–H and O–H groups in total. The first kappa shape index (κ1) is 12.2. The van der Waals surface area contributed by atoms with Crippen LogP contribution in [0.25, 0.3) is 5.65 Å². The lowest BCUT2D eigenvalue weighted by Gasteiger charge is -2.20. The van der Waals surface area contributed by atoms with Gasteiger partial charge in [-0.05, 0) is 24.2 Å². The van der Waals surface area contributed by atoms with Crippen molar-refractivity contribution in [2.24, 2.45) is 17.2 Å². The number of anilines is 2. The van der Waals surface area contributed by atoms with Crippen LogP contribution in [0.1, 0.15) is 26.7 Å². The van der Waals surface area contributed by atoms with Crippen LogP contribution in [0.4, 0.5) is 11.6 Å². The summed E-state index contributed by atoms with van der Waals surface area (Å²) in [5.74, 6) is 7.55. The molecule has 0 aromatic carbocycles. The molecule has 0 amide bonds. The van der Waals surface area contributed by atoms with E-state index < -0.39 is 0 Å². The molecule has 0 atom stereocenters. The maximum absolute atomic E-state index is 5.45. The molecule has 102 valence electrons. The molecule has 0 aliphatic heterocycles. The average molecular weight is 260 g/mol. The van der Waals surface area contributed by atoms with Gasteiger partial charge in [-0.3, -0.25) is 0 Å². The molecule has 19 heavy (non-hydrogen) atoms. The van der Waals surface area contributed by atoms with Crippen LogP contribution in [0, 0.1) is 11.3 Å². The number of nitrogens with two attached hydrogens (primary N) is 1. The number of rotatable bonds is 5. The summed E-state index contributed by atoms with van der Waals surface area (Å²) >= 11 is 0. The SMILES string of the molecule is CC(C)C1(CNc2nc(NN)cn3ccnc23)CC1. The molecule has 1 aliphatic rings. The van der Waals surface area contributed by atoms with Gasteiger partial charge in [-0.25, -0.2) is 15.8 Å². The monoisotopic (exact) mass is 260 g/mol. The van der Waals surface area contributed by atoms with Crippen molar-refractivity contribution < 1.29 is 0 Å². The van der Waals surface area contributed by atoms with Crippen LogP contribution in [-0.2, 0) is 0 Å². The van der Waals surface area contributed by atoms with Gasteiger partial charge in [0.15, 0.2) is 17.3 Å². The molecule has 6 nitrogen and oxygen atoms in total.